The van der Waals surface area contributed by atoms with Crippen LogP contribution in [0.1, 0.15) is 5.56 Å². The van der Waals surface area contributed by atoms with Gasteiger partial charge in [0.1, 0.15) is 0 Å². The van der Waals surface area contributed by atoms with Crippen molar-refractivity contribution in [1.29, 1.82) is 0 Å². The van der Waals surface area contributed by atoms with Gasteiger partial charge in [-0.15, -0.1) is 0 Å². The summed E-state index contributed by atoms with van der Waals surface area (Å²) in [5.74, 6) is 0.273. The van der Waals surface area contributed by atoms with Gasteiger partial charge in [0.15, 0.2) is 11.2 Å². The number of benzene rings is 1. The molecule has 9 nitrogen and oxygen atoms in total. The highest BCUT2D eigenvalue weighted by molar-refractivity contribution is 9.10. The molecular weight excluding hydrogens is 406 g/mol. The minimum absolute atomic E-state index is 0.146. The molecule has 0 spiro atoms. The van der Waals surface area contributed by atoms with Crippen LogP contribution in [0, 0.1) is 0 Å². The fraction of sp³-hybridized carbons (Fsp3) is 0.312. The van der Waals surface area contributed by atoms with Crippen LogP contribution in [0.15, 0.2) is 38.3 Å². The predicted octanol–water partition coefficient (Wildman–Crippen LogP) is -0.000800. The standard InChI is InChI=1S/C16H18BrN5O4/c1-21-14(25)12-13(20-16(21)26)19-15(18-11(7-23)8-24)22(12)6-9-2-4-10(17)5-3-9/h2-5,11,23-24H,6-8H2,1H3,(H,18,19)(H,20,26). The first-order valence-electron chi connectivity index (χ1n) is 7.86. The molecule has 0 saturated heterocycles. The van der Waals surface area contributed by atoms with Crippen molar-refractivity contribution in [2.24, 2.45) is 7.05 Å². The fourth-order valence-corrected chi connectivity index (χ4v) is 2.83. The van der Waals surface area contributed by atoms with Gasteiger partial charge in [0.25, 0.3) is 5.56 Å². The van der Waals surface area contributed by atoms with Crippen LogP contribution in [-0.4, -0.2) is 48.6 Å². The van der Waals surface area contributed by atoms with Gasteiger partial charge in [0.05, 0.1) is 25.8 Å². The Kier molecular flexibility index (Phi) is 5.25. The Hall–Kier alpha value is -2.43. The Morgan fingerprint density at radius 2 is 1.88 bits per heavy atom. The van der Waals surface area contributed by atoms with E-state index in [-0.39, 0.29) is 30.3 Å². The van der Waals surface area contributed by atoms with E-state index < -0.39 is 17.3 Å². The van der Waals surface area contributed by atoms with Gasteiger partial charge in [0.2, 0.25) is 5.95 Å². The topological polar surface area (TPSA) is 125 Å². The SMILES string of the molecule is Cn1c(=O)[nH]c2nc(NC(CO)CO)n(Cc3ccc(Br)cc3)c2c1=O. The second-order valence-corrected chi connectivity index (χ2v) is 6.76. The number of aromatic amines is 1. The lowest BCUT2D eigenvalue weighted by atomic mass is 10.2. The van der Waals surface area contributed by atoms with Crippen LogP contribution in [0.3, 0.4) is 0 Å². The quantitative estimate of drug-likeness (QED) is 0.442. The molecule has 3 aromatic rings. The molecule has 2 aromatic heterocycles. The van der Waals surface area contributed by atoms with Crippen LogP contribution in [0.5, 0.6) is 0 Å². The number of anilines is 1. The van der Waals surface area contributed by atoms with E-state index in [9.17, 15) is 19.8 Å². The molecule has 0 amide bonds. The third-order valence-corrected chi connectivity index (χ3v) is 4.56. The number of hydrogen-bond acceptors (Lipinski definition) is 6. The van der Waals surface area contributed by atoms with E-state index in [0.29, 0.717) is 6.54 Å². The molecule has 0 fully saturated rings. The lowest BCUT2D eigenvalue weighted by Gasteiger charge is -2.16. The molecule has 0 atom stereocenters. The van der Waals surface area contributed by atoms with Crippen LogP contribution in [0.25, 0.3) is 11.2 Å². The van der Waals surface area contributed by atoms with E-state index in [4.69, 9.17) is 0 Å². The number of H-pyrrole nitrogens is 1. The lowest BCUT2D eigenvalue weighted by molar-refractivity contribution is 0.203. The average Bonchev–Trinajstić information content (AvgIpc) is 2.96. The molecule has 4 N–H and O–H groups in total. The summed E-state index contributed by atoms with van der Waals surface area (Å²) in [4.78, 5) is 31.3. The van der Waals surface area contributed by atoms with Crippen molar-refractivity contribution in [3.05, 3.63) is 55.1 Å². The van der Waals surface area contributed by atoms with E-state index in [1.54, 1.807) is 4.57 Å². The van der Waals surface area contributed by atoms with Crippen LogP contribution < -0.4 is 16.6 Å². The maximum absolute atomic E-state index is 12.6. The molecule has 26 heavy (non-hydrogen) atoms. The van der Waals surface area contributed by atoms with Gasteiger partial charge in [-0.25, -0.2) is 4.79 Å². The Bertz CT molecular complexity index is 1030. The maximum atomic E-state index is 12.6. The van der Waals surface area contributed by atoms with E-state index in [0.717, 1.165) is 14.6 Å². The third kappa shape index (κ3) is 3.43. The summed E-state index contributed by atoms with van der Waals surface area (Å²) in [6.07, 6.45) is 0. The summed E-state index contributed by atoms with van der Waals surface area (Å²) < 4.78 is 3.52. The normalized spacial score (nSPS) is 11.4. The number of fused-ring (bicyclic) bond motifs is 1. The van der Waals surface area contributed by atoms with Crippen molar-refractivity contribution in [2.75, 3.05) is 18.5 Å². The van der Waals surface area contributed by atoms with Crippen molar-refractivity contribution >= 4 is 33.0 Å². The molecular formula is C16H18BrN5O4. The number of aliphatic hydroxyl groups is 2. The van der Waals surface area contributed by atoms with Crippen LogP contribution in [0.2, 0.25) is 0 Å². The van der Waals surface area contributed by atoms with Gasteiger partial charge in [-0.05, 0) is 17.7 Å². The van der Waals surface area contributed by atoms with E-state index in [1.807, 2.05) is 24.3 Å². The smallest absolute Gasteiger partial charge is 0.329 e. The molecule has 0 aliphatic rings. The maximum Gasteiger partial charge on any atom is 0.329 e. The fourth-order valence-electron chi connectivity index (χ4n) is 2.56. The number of nitrogens with zero attached hydrogens (tertiary/aromatic N) is 3. The molecule has 1 aromatic carbocycles. The van der Waals surface area contributed by atoms with Gasteiger partial charge < -0.3 is 15.5 Å². The van der Waals surface area contributed by atoms with Gasteiger partial charge in [0, 0.05) is 11.5 Å². The number of halogens is 1. The molecule has 0 radical (unpaired) electrons. The zero-order valence-electron chi connectivity index (χ0n) is 13.9. The first-order valence-corrected chi connectivity index (χ1v) is 8.66. The second kappa shape index (κ2) is 7.44. The largest absolute Gasteiger partial charge is 0.394 e. The van der Waals surface area contributed by atoms with Crippen molar-refractivity contribution < 1.29 is 10.2 Å². The summed E-state index contributed by atoms with van der Waals surface area (Å²) >= 11 is 3.38. The number of hydrogen-bond donors (Lipinski definition) is 4. The highest BCUT2D eigenvalue weighted by Crippen LogP contribution is 2.19. The molecule has 3 rings (SSSR count). The van der Waals surface area contributed by atoms with Crippen LogP contribution in [-0.2, 0) is 13.6 Å². The molecule has 0 unspecified atom stereocenters. The average molecular weight is 424 g/mol. The number of aliphatic hydroxyl groups excluding tert-OH is 2. The molecule has 0 bridgehead atoms. The van der Waals surface area contributed by atoms with E-state index in [2.05, 4.69) is 31.2 Å². The van der Waals surface area contributed by atoms with Gasteiger partial charge in [-0.3, -0.25) is 18.9 Å². The first kappa shape index (κ1) is 18.4. The summed E-state index contributed by atoms with van der Waals surface area (Å²) in [7, 11) is 1.38. The Morgan fingerprint density at radius 1 is 1.23 bits per heavy atom. The second-order valence-electron chi connectivity index (χ2n) is 5.85. The van der Waals surface area contributed by atoms with E-state index in [1.165, 1.54) is 7.05 Å². The third-order valence-electron chi connectivity index (χ3n) is 4.03. The lowest BCUT2D eigenvalue weighted by Crippen LogP contribution is -2.33. The van der Waals surface area contributed by atoms with Crippen molar-refractivity contribution in [2.45, 2.75) is 12.6 Å². The summed E-state index contributed by atoms with van der Waals surface area (Å²) in [6.45, 7) is -0.310. The molecule has 0 aliphatic carbocycles. The number of imidazole rings is 1. The van der Waals surface area contributed by atoms with Crippen molar-refractivity contribution in [3.8, 4) is 0 Å². The van der Waals surface area contributed by atoms with Gasteiger partial charge in [-0.1, -0.05) is 28.1 Å². The number of nitrogens with one attached hydrogen (secondary N) is 2. The minimum atomic E-state index is -0.647. The van der Waals surface area contributed by atoms with Gasteiger partial charge in [-0.2, -0.15) is 4.98 Å². The Labute approximate surface area is 156 Å². The number of rotatable bonds is 6. The highest BCUT2D eigenvalue weighted by Gasteiger charge is 2.19. The highest BCUT2D eigenvalue weighted by atomic mass is 79.9. The molecule has 0 aliphatic heterocycles. The predicted molar refractivity (Wildman–Crippen MR) is 100 cm³/mol. The van der Waals surface area contributed by atoms with Crippen molar-refractivity contribution in [3.63, 3.8) is 0 Å². The molecule has 0 saturated carbocycles. The summed E-state index contributed by atoms with van der Waals surface area (Å²) in [6, 6.07) is 6.90. The van der Waals surface area contributed by atoms with Gasteiger partial charge >= 0.3 is 5.69 Å². The Balaban J connectivity index is 2.18. The Morgan fingerprint density at radius 3 is 2.50 bits per heavy atom. The van der Waals surface area contributed by atoms with Crippen LogP contribution in [0.4, 0.5) is 5.95 Å². The van der Waals surface area contributed by atoms with Crippen LogP contribution >= 0.6 is 15.9 Å². The zero-order chi connectivity index (χ0) is 18.8. The summed E-state index contributed by atoms with van der Waals surface area (Å²) in [5.41, 5.74) is 0.238. The number of aromatic nitrogens is 4. The van der Waals surface area contributed by atoms with Crippen molar-refractivity contribution in [1.82, 2.24) is 19.1 Å². The zero-order valence-corrected chi connectivity index (χ0v) is 15.5. The van der Waals surface area contributed by atoms with E-state index >= 15 is 0 Å². The minimum Gasteiger partial charge on any atom is -0.394 e. The summed E-state index contributed by atoms with van der Waals surface area (Å²) in [5, 5.41) is 21.6. The molecule has 138 valence electrons. The monoisotopic (exact) mass is 423 g/mol. The first-order chi connectivity index (χ1) is 12.4. The molecule has 10 heteroatoms. The molecule has 2 heterocycles.